The normalized spacial score (nSPS) is 14.3. The van der Waals surface area contributed by atoms with Crippen molar-refractivity contribution in [2.24, 2.45) is 0 Å². The van der Waals surface area contributed by atoms with Gasteiger partial charge in [-0.25, -0.2) is 0 Å². The smallest absolute Gasteiger partial charge is 0.238 e. The molecule has 0 fully saturated rings. The third-order valence-corrected chi connectivity index (χ3v) is 3.98. The van der Waals surface area contributed by atoms with Crippen molar-refractivity contribution in [1.82, 2.24) is 15.8 Å². The summed E-state index contributed by atoms with van der Waals surface area (Å²) in [6.45, 7) is 3.46. The number of amides is 1. The first-order valence-corrected chi connectivity index (χ1v) is 8.27. The molecule has 0 saturated carbocycles. The molecule has 1 aromatic carbocycles. The van der Waals surface area contributed by atoms with E-state index < -0.39 is 6.04 Å². The molecular weight excluding hydrogens is 303 g/mol. The molecule has 0 unspecified atom stereocenters. The molecule has 0 bridgehead atoms. The van der Waals surface area contributed by atoms with E-state index in [1.165, 1.54) is 6.92 Å². The van der Waals surface area contributed by atoms with E-state index in [0.29, 0.717) is 13.1 Å². The minimum absolute atomic E-state index is 0.00729. The second kappa shape index (κ2) is 10.2. The van der Waals surface area contributed by atoms with Gasteiger partial charge in [0.15, 0.2) is 15.3 Å². The van der Waals surface area contributed by atoms with Gasteiger partial charge in [0.25, 0.3) is 0 Å². The largest absolute Gasteiger partial charge is 0.496 e. The van der Waals surface area contributed by atoms with Gasteiger partial charge in [-0.3, -0.25) is 9.59 Å². The molecule has 0 aromatic heterocycles. The molecule has 0 aliphatic heterocycles. The van der Waals surface area contributed by atoms with Gasteiger partial charge in [0, 0.05) is 18.0 Å². The number of carbonyl (C=O) groups excluding carboxylic acids is 2. The van der Waals surface area contributed by atoms with Gasteiger partial charge < -0.3 is 20.5 Å². The number of para-hydroxylation sites is 1. The monoisotopic (exact) mass is 329 g/mol. The Bertz CT molecular complexity index is 560. The van der Waals surface area contributed by atoms with Crippen LogP contribution in [0.3, 0.4) is 0 Å². The van der Waals surface area contributed by atoms with E-state index in [-0.39, 0.29) is 30.2 Å². The number of ketones is 1. The van der Waals surface area contributed by atoms with Gasteiger partial charge in [0.2, 0.25) is 5.91 Å². The Morgan fingerprint density at radius 3 is 2.54 bits per heavy atom. The molecule has 0 radical (unpaired) electrons. The van der Waals surface area contributed by atoms with Crippen molar-refractivity contribution < 1.29 is 14.3 Å². The number of carbonyl (C=O) groups is 2. The Kier molecular flexibility index (Phi) is 8.64. The fraction of sp³-hybridized carbons (Fsp3) is 0.467. The summed E-state index contributed by atoms with van der Waals surface area (Å²) in [5.74, 6) is 0.523. The summed E-state index contributed by atoms with van der Waals surface area (Å²) in [6, 6.07) is 6.58. The van der Waals surface area contributed by atoms with Gasteiger partial charge >= 0.3 is 0 Å². The van der Waals surface area contributed by atoms with Crippen molar-refractivity contribution in [3.8, 4) is 5.75 Å². The van der Waals surface area contributed by atoms with Gasteiger partial charge in [-0.1, -0.05) is 18.2 Å². The fourth-order valence-electron chi connectivity index (χ4n) is 2.63. The first-order valence-electron chi connectivity index (χ1n) is 8.27. The van der Waals surface area contributed by atoms with Crippen molar-refractivity contribution in [1.29, 1.82) is 0 Å². The third kappa shape index (κ3) is 5.72. The number of rotatable bonds is 10. The molecule has 0 heterocycles. The first-order chi connectivity index (χ1) is 11.4. The Balaban J connectivity index is 3.04. The van der Waals surface area contributed by atoms with E-state index in [1.54, 1.807) is 7.11 Å². The standard InChI is InChI=1S/C15H26B3N3O3/c1-9(22)8-12(11-6-4-5-7-13(11)24-3)19-15(23)14(21-18-16)10(2)20-17/h4-7,10,12,14,18,20-21H,8,16-17H2,1-3H3,(H,19,23)/t10-,12-,14-/m0/s1. The number of nitrogens with one attached hydrogen (secondary N) is 3. The highest BCUT2D eigenvalue weighted by atomic mass is 16.5. The Morgan fingerprint density at radius 1 is 1.33 bits per heavy atom. The van der Waals surface area contributed by atoms with Crippen LogP contribution in [-0.2, 0) is 9.59 Å². The minimum Gasteiger partial charge on any atom is -0.496 e. The molecule has 1 aromatic rings. The summed E-state index contributed by atoms with van der Waals surface area (Å²) in [5.41, 5.74) is 0.802. The fourth-order valence-corrected chi connectivity index (χ4v) is 2.63. The number of ether oxygens (including phenoxy) is 1. The maximum Gasteiger partial charge on any atom is 0.238 e. The van der Waals surface area contributed by atoms with Crippen molar-refractivity contribution >= 4 is 34.7 Å². The topological polar surface area (TPSA) is 79.5 Å². The molecule has 0 aliphatic carbocycles. The average molecular weight is 329 g/mol. The third-order valence-electron chi connectivity index (χ3n) is 3.98. The van der Waals surface area contributed by atoms with E-state index in [0.717, 1.165) is 5.56 Å². The molecule has 128 valence electrons. The molecule has 0 spiro atoms. The average Bonchev–Trinajstić information content (AvgIpc) is 2.57. The van der Waals surface area contributed by atoms with Crippen LogP contribution < -0.4 is 20.5 Å². The molecule has 1 amide bonds. The van der Waals surface area contributed by atoms with Gasteiger partial charge in [0.05, 0.1) is 26.9 Å². The van der Waals surface area contributed by atoms with Crippen LogP contribution in [0, 0.1) is 0 Å². The molecule has 9 heteroatoms. The highest BCUT2D eigenvalue weighted by Crippen LogP contribution is 2.27. The Hall–Kier alpha value is -1.73. The molecule has 0 saturated heterocycles. The maximum atomic E-state index is 12.7. The lowest BCUT2D eigenvalue weighted by atomic mass is 9.66. The second-order valence-electron chi connectivity index (χ2n) is 5.82. The lowest BCUT2D eigenvalue weighted by Crippen LogP contribution is -2.56. The molecule has 24 heavy (non-hydrogen) atoms. The van der Waals surface area contributed by atoms with Crippen LogP contribution in [0.2, 0.25) is 0 Å². The van der Waals surface area contributed by atoms with Crippen LogP contribution >= 0.6 is 0 Å². The number of methoxy groups -OCH3 is 1. The summed E-state index contributed by atoms with van der Waals surface area (Å²) in [5, 5.41) is 9.27. The van der Waals surface area contributed by atoms with Crippen LogP contribution in [0.15, 0.2) is 24.3 Å². The van der Waals surface area contributed by atoms with Crippen LogP contribution in [0.25, 0.3) is 0 Å². The van der Waals surface area contributed by atoms with E-state index in [4.69, 9.17) is 4.74 Å². The summed E-state index contributed by atoms with van der Waals surface area (Å²) in [6.07, 6.45) is 0.221. The lowest BCUT2D eigenvalue weighted by molar-refractivity contribution is -0.124. The van der Waals surface area contributed by atoms with Crippen LogP contribution in [-0.4, -0.2) is 53.9 Å². The highest BCUT2D eigenvalue weighted by Gasteiger charge is 2.27. The van der Waals surface area contributed by atoms with E-state index in [2.05, 4.69) is 15.8 Å². The van der Waals surface area contributed by atoms with Crippen LogP contribution in [0.1, 0.15) is 31.9 Å². The number of benzene rings is 1. The molecule has 6 nitrogen and oxygen atoms in total. The molecule has 3 N–H and O–H groups in total. The van der Waals surface area contributed by atoms with Crippen LogP contribution in [0.4, 0.5) is 0 Å². The van der Waals surface area contributed by atoms with Crippen molar-refractivity contribution in [2.75, 3.05) is 7.11 Å². The molecule has 1 rings (SSSR count). The zero-order chi connectivity index (χ0) is 18.1. The van der Waals surface area contributed by atoms with E-state index in [1.807, 2.05) is 46.9 Å². The van der Waals surface area contributed by atoms with Crippen molar-refractivity contribution in [2.45, 2.75) is 38.4 Å². The van der Waals surface area contributed by atoms with Gasteiger partial charge in [0.1, 0.15) is 11.5 Å². The Labute approximate surface area is 146 Å². The lowest BCUT2D eigenvalue weighted by Gasteiger charge is -2.27. The summed E-state index contributed by atoms with van der Waals surface area (Å²) in [4.78, 5) is 24.4. The van der Waals surface area contributed by atoms with Crippen molar-refractivity contribution in [3.05, 3.63) is 29.8 Å². The summed E-state index contributed by atoms with van der Waals surface area (Å²) < 4.78 is 5.38. The second-order valence-corrected chi connectivity index (χ2v) is 5.82. The number of hydrogen-bond donors (Lipinski definition) is 3. The van der Waals surface area contributed by atoms with Crippen molar-refractivity contribution in [3.63, 3.8) is 0 Å². The minimum atomic E-state index is -0.420. The predicted molar refractivity (Wildman–Crippen MR) is 103 cm³/mol. The SMILES string of the molecule is BBN[C@H](C(=O)N[C@@H](CC(C)=O)c1ccccc1OC)[C@H](C)NB. The Morgan fingerprint density at radius 2 is 2.00 bits per heavy atom. The number of Topliss-reactive ketones (excluding diaryl/α,β-unsaturated/α-hetero) is 1. The molecule has 0 aliphatic rings. The summed E-state index contributed by atoms with van der Waals surface area (Å²) in [7, 11) is 6.03. The van der Waals surface area contributed by atoms with Crippen LogP contribution in [0.5, 0.6) is 5.75 Å². The highest BCUT2D eigenvalue weighted by molar-refractivity contribution is 6.87. The van der Waals surface area contributed by atoms with Gasteiger partial charge in [-0.15, -0.1) is 0 Å². The first kappa shape index (κ1) is 20.3. The predicted octanol–water partition coefficient (Wildman–Crippen LogP) is -1.78. The quantitative estimate of drug-likeness (QED) is 0.442. The molecule has 3 atom stereocenters. The maximum absolute atomic E-state index is 12.7. The zero-order valence-corrected chi connectivity index (χ0v) is 15.2. The zero-order valence-electron chi connectivity index (χ0n) is 15.2. The van der Waals surface area contributed by atoms with E-state index in [9.17, 15) is 9.59 Å². The van der Waals surface area contributed by atoms with Gasteiger partial charge in [-0.05, 0) is 19.9 Å². The summed E-state index contributed by atoms with van der Waals surface area (Å²) >= 11 is 0. The number of hydrogen-bond acceptors (Lipinski definition) is 5. The van der Waals surface area contributed by atoms with E-state index >= 15 is 0 Å². The molecular formula is C15H26B3N3O3. The van der Waals surface area contributed by atoms with Gasteiger partial charge in [-0.2, -0.15) is 0 Å².